The third kappa shape index (κ3) is 10.7. The van der Waals surface area contributed by atoms with Gasteiger partial charge in [0.05, 0.1) is 0 Å². The van der Waals surface area contributed by atoms with Crippen molar-refractivity contribution in [2.24, 2.45) is 82.9 Å². The molecule has 8 atom stereocenters. The monoisotopic (exact) mass is 929 g/mol. The maximum absolute atomic E-state index is 3.39. The fourth-order valence-electron chi connectivity index (χ4n) is 21.9. The number of nitrogens with zero attached hydrogens (tertiary/aromatic N) is 2. The lowest BCUT2D eigenvalue weighted by atomic mass is 9.45. The second-order valence-corrected chi connectivity index (χ2v) is 28.3. The van der Waals surface area contributed by atoms with Crippen LogP contribution in [-0.2, 0) is 0 Å². The molecule has 0 aromatic carbocycles. The topological polar surface area (TPSA) is 6.48 Å². The van der Waals surface area contributed by atoms with Gasteiger partial charge in [0.2, 0.25) is 0 Å². The molecule has 382 valence electrons. The van der Waals surface area contributed by atoms with E-state index in [0.29, 0.717) is 0 Å². The Kier molecular flexibility index (Phi) is 16.3. The van der Waals surface area contributed by atoms with E-state index in [1.807, 2.05) is 0 Å². The summed E-state index contributed by atoms with van der Waals surface area (Å²) in [5, 5.41) is 0. The van der Waals surface area contributed by atoms with E-state index >= 15 is 0 Å². The third-order valence-electron chi connectivity index (χ3n) is 24.9. The molecular weight excluding hydrogens is 821 g/mol. The van der Waals surface area contributed by atoms with Crippen molar-refractivity contribution < 1.29 is 0 Å². The molecule has 0 amide bonds. The van der Waals surface area contributed by atoms with Gasteiger partial charge in [-0.25, -0.2) is 0 Å². The van der Waals surface area contributed by atoms with Crippen molar-refractivity contribution in [1.82, 2.24) is 9.80 Å². The molecule has 68 heavy (non-hydrogen) atoms. The van der Waals surface area contributed by atoms with Crippen LogP contribution in [0.2, 0.25) is 0 Å². The van der Waals surface area contributed by atoms with Crippen LogP contribution in [0.15, 0.2) is 24.3 Å². The quantitative estimate of drug-likeness (QED) is 0.191. The molecule has 0 bridgehead atoms. The highest BCUT2D eigenvalue weighted by molar-refractivity contribution is 5.09. The van der Waals surface area contributed by atoms with Crippen molar-refractivity contribution in [3.63, 3.8) is 0 Å². The zero-order chi connectivity index (χ0) is 45.2. The van der Waals surface area contributed by atoms with Crippen LogP contribution in [0.5, 0.6) is 0 Å². The molecule has 0 heterocycles. The van der Waals surface area contributed by atoms with Gasteiger partial charge in [-0.2, -0.15) is 0 Å². The average molecular weight is 930 g/mol. The smallest absolute Gasteiger partial charge is 0.0132 e. The van der Waals surface area contributed by atoms with E-state index < -0.39 is 0 Å². The molecule has 2 nitrogen and oxygen atoms in total. The first kappa shape index (κ1) is 48.3. The highest BCUT2D eigenvalue weighted by atomic mass is 15.2. The Bertz CT molecular complexity index is 1560. The Labute approximate surface area is 421 Å². The first-order valence-electron chi connectivity index (χ1n) is 32.6. The summed E-state index contributed by atoms with van der Waals surface area (Å²) in [5.41, 5.74) is 0. The molecule has 8 unspecified atom stereocenters. The number of rotatable bonds is 11. The normalized spacial score (nSPS) is 45.1. The van der Waals surface area contributed by atoms with Crippen LogP contribution in [0, 0.1) is 82.9 Å². The van der Waals surface area contributed by atoms with Gasteiger partial charge in [0.15, 0.2) is 0 Å². The number of hydrogen-bond donors (Lipinski definition) is 0. The van der Waals surface area contributed by atoms with Gasteiger partial charge in [-0.3, -0.25) is 9.80 Å². The highest BCUT2D eigenvalue weighted by Crippen LogP contribution is 2.64. The summed E-state index contributed by atoms with van der Waals surface area (Å²) in [6, 6.07) is 5.44. The van der Waals surface area contributed by atoms with Gasteiger partial charge in [-0.1, -0.05) is 114 Å². The first-order valence-corrected chi connectivity index (χ1v) is 32.6. The van der Waals surface area contributed by atoms with Crippen molar-refractivity contribution in [1.29, 1.82) is 0 Å². The Morgan fingerprint density at radius 2 is 0.588 bits per heavy atom. The summed E-state index contributed by atoms with van der Waals surface area (Å²) in [4.78, 5) is 6.75. The summed E-state index contributed by atoms with van der Waals surface area (Å²) in [6.07, 6.45) is 75.2. The predicted octanol–water partition coefficient (Wildman–Crippen LogP) is 18.1. The molecule has 0 spiro atoms. The van der Waals surface area contributed by atoms with Gasteiger partial charge in [-0.15, -0.1) is 0 Å². The molecule has 0 saturated heterocycles. The standard InChI is InChI=1S/C66H108N2/c1-5-15-47(16-6-1)25-27-49-29-37-58(38-30-49)67(56-19-9-3-10-20-56)60-45-53-35-33-51-43-55(44-52-34-36-54(46-60)66(53)65(51)52)61-41-42-64(63-24-14-13-23-62(61)63)68(57-21-11-4-12-22-57)59-39-31-50(32-40-59)28-26-48-17-7-2-8-18-48/h25-28,47-66H,1-24,29-46H2. The van der Waals surface area contributed by atoms with Crippen LogP contribution in [0.3, 0.4) is 0 Å². The van der Waals surface area contributed by atoms with Gasteiger partial charge in [0.25, 0.3) is 0 Å². The highest BCUT2D eigenvalue weighted by Gasteiger charge is 2.57. The number of hydrogen-bond acceptors (Lipinski definition) is 2. The fraction of sp³-hybridized carbons (Fsp3) is 0.939. The molecular formula is C66H108N2. The van der Waals surface area contributed by atoms with Crippen molar-refractivity contribution in [3.05, 3.63) is 24.3 Å². The van der Waals surface area contributed by atoms with Crippen LogP contribution in [-0.4, -0.2) is 46.1 Å². The Morgan fingerprint density at radius 1 is 0.221 bits per heavy atom. The minimum Gasteiger partial charge on any atom is -0.294 e. The molecule has 12 aliphatic rings. The van der Waals surface area contributed by atoms with Gasteiger partial charge >= 0.3 is 0 Å². The third-order valence-corrected chi connectivity index (χ3v) is 24.9. The summed E-state index contributed by atoms with van der Waals surface area (Å²) in [7, 11) is 0. The molecule has 0 aromatic rings. The molecule has 0 radical (unpaired) electrons. The van der Waals surface area contributed by atoms with Gasteiger partial charge < -0.3 is 0 Å². The lowest BCUT2D eigenvalue weighted by Gasteiger charge is -2.62. The molecule has 12 aliphatic carbocycles. The predicted molar refractivity (Wildman–Crippen MR) is 287 cm³/mol. The summed E-state index contributed by atoms with van der Waals surface area (Å²) < 4.78 is 0. The fourth-order valence-corrected chi connectivity index (χ4v) is 21.9. The van der Waals surface area contributed by atoms with Crippen LogP contribution >= 0.6 is 0 Å². The van der Waals surface area contributed by atoms with Crippen molar-refractivity contribution in [2.45, 2.75) is 306 Å². The lowest BCUT2D eigenvalue weighted by Crippen LogP contribution is -2.59. The maximum atomic E-state index is 3.39. The van der Waals surface area contributed by atoms with E-state index in [1.54, 1.807) is 89.9 Å². The van der Waals surface area contributed by atoms with Crippen molar-refractivity contribution in [3.8, 4) is 0 Å². The number of allylic oxidation sites excluding steroid dienone is 4. The van der Waals surface area contributed by atoms with E-state index in [9.17, 15) is 0 Å². The molecule has 0 aromatic heterocycles. The summed E-state index contributed by atoms with van der Waals surface area (Å²) in [5.74, 6) is 14.3. The second kappa shape index (κ2) is 22.9. The SMILES string of the molecule is C(=CC1CCC(N(C2CCCCC2)C2CC3CCC4CC(C5CCC(N(C6CCCCC6)C6CCC(C=CC7CCCCC7)CC6)C6CCCCC56)CC5CCC(C2)C3C45)CC1)C1CCCCC1. The molecule has 12 saturated carbocycles. The second-order valence-electron chi connectivity index (χ2n) is 28.3. The van der Waals surface area contributed by atoms with Crippen molar-refractivity contribution >= 4 is 0 Å². The molecule has 2 heteroatoms. The van der Waals surface area contributed by atoms with E-state index in [1.165, 1.54) is 180 Å². The summed E-state index contributed by atoms with van der Waals surface area (Å²) >= 11 is 0. The van der Waals surface area contributed by atoms with E-state index in [-0.39, 0.29) is 0 Å². The average Bonchev–Trinajstić information content (AvgIpc) is 3.41. The Morgan fingerprint density at radius 3 is 1.07 bits per heavy atom. The summed E-state index contributed by atoms with van der Waals surface area (Å²) in [6.45, 7) is 0. The van der Waals surface area contributed by atoms with Crippen LogP contribution in [0.25, 0.3) is 0 Å². The molecule has 12 rings (SSSR count). The maximum Gasteiger partial charge on any atom is 0.0132 e. The van der Waals surface area contributed by atoms with Crippen LogP contribution in [0.1, 0.15) is 270 Å². The van der Waals surface area contributed by atoms with E-state index in [0.717, 1.165) is 119 Å². The first-order chi connectivity index (χ1) is 33.7. The zero-order valence-electron chi connectivity index (χ0n) is 44.4. The van der Waals surface area contributed by atoms with Crippen LogP contribution in [0.4, 0.5) is 0 Å². The molecule has 0 N–H and O–H groups in total. The van der Waals surface area contributed by atoms with Crippen molar-refractivity contribution in [2.75, 3.05) is 0 Å². The Balaban J connectivity index is 0.695. The Hall–Kier alpha value is -0.600. The minimum atomic E-state index is 0.874. The molecule has 0 aliphatic heterocycles. The number of fused-ring (bicyclic) bond motifs is 1. The van der Waals surface area contributed by atoms with Gasteiger partial charge in [-0.05, 0) is 263 Å². The van der Waals surface area contributed by atoms with E-state index in [2.05, 4.69) is 34.1 Å². The zero-order valence-corrected chi connectivity index (χ0v) is 44.4. The largest absolute Gasteiger partial charge is 0.294 e. The van der Waals surface area contributed by atoms with Gasteiger partial charge in [0.1, 0.15) is 0 Å². The molecule has 12 fully saturated rings. The van der Waals surface area contributed by atoms with Gasteiger partial charge in [0, 0.05) is 36.3 Å². The lowest BCUT2D eigenvalue weighted by molar-refractivity contribution is -0.130. The van der Waals surface area contributed by atoms with E-state index in [4.69, 9.17) is 0 Å². The minimum absolute atomic E-state index is 0.874. The van der Waals surface area contributed by atoms with Crippen LogP contribution < -0.4 is 0 Å².